The van der Waals surface area contributed by atoms with Gasteiger partial charge in [-0.3, -0.25) is 4.79 Å². The van der Waals surface area contributed by atoms with Gasteiger partial charge in [0.05, 0.1) is 17.6 Å². The average Bonchev–Trinajstić information content (AvgIpc) is 3.34. The third-order valence-corrected chi connectivity index (χ3v) is 8.22. The Kier molecular flexibility index (Phi) is 9.61. The van der Waals surface area contributed by atoms with Gasteiger partial charge in [0, 0.05) is 51.3 Å². The zero-order valence-corrected chi connectivity index (χ0v) is 22.3. The van der Waals surface area contributed by atoms with Crippen molar-refractivity contribution in [3.05, 3.63) is 34.6 Å². The van der Waals surface area contributed by atoms with Crippen molar-refractivity contribution in [3.8, 4) is 0 Å². The maximum atomic E-state index is 13.8. The van der Waals surface area contributed by atoms with Crippen LogP contribution >= 0.6 is 0 Å². The highest BCUT2D eigenvalue weighted by molar-refractivity contribution is 5.76. The van der Waals surface area contributed by atoms with Gasteiger partial charge in [0.25, 0.3) is 5.56 Å². The molecule has 2 saturated heterocycles. The van der Waals surface area contributed by atoms with Crippen LogP contribution in [0, 0.1) is 5.92 Å². The number of rotatable bonds is 5. The highest BCUT2D eigenvalue weighted by Gasteiger charge is 2.30. The number of methoxy groups -OCH3 is 1. The van der Waals surface area contributed by atoms with Crippen molar-refractivity contribution < 1.29 is 4.74 Å². The van der Waals surface area contributed by atoms with Crippen LogP contribution in [-0.2, 0) is 4.74 Å². The lowest BCUT2D eigenvalue weighted by Gasteiger charge is -2.39. The van der Waals surface area contributed by atoms with E-state index in [0.717, 1.165) is 69.1 Å². The number of hydrogen-bond donors (Lipinski definition) is 0. The van der Waals surface area contributed by atoms with E-state index < -0.39 is 0 Å². The number of fused-ring (bicyclic) bond motifs is 1. The van der Waals surface area contributed by atoms with Crippen LogP contribution in [0.25, 0.3) is 11.0 Å². The molecular formula is C29H46N4O2. The standard InChI is InChI=1S/C27H40N4O2.C2H6/c1-33-20-21-13-16-30(19-21)26-27(32)31(25-12-8-7-11-24(25)28-26)23-14-17-29(18-15-23)22-9-5-3-2-4-6-10-22;1-2/h7-8,11-12,21-23H,2-6,9-10,13-20H2,1H3;1-2H3. The first-order valence-electron chi connectivity index (χ1n) is 14.2. The fourth-order valence-electron chi connectivity index (χ4n) is 6.42. The Hall–Kier alpha value is -1.92. The van der Waals surface area contributed by atoms with Gasteiger partial charge >= 0.3 is 0 Å². The number of benzene rings is 1. The Morgan fingerprint density at radius 3 is 2.29 bits per heavy atom. The van der Waals surface area contributed by atoms with E-state index in [-0.39, 0.29) is 11.6 Å². The summed E-state index contributed by atoms with van der Waals surface area (Å²) in [4.78, 5) is 23.6. The number of aromatic nitrogens is 2. The third-order valence-electron chi connectivity index (χ3n) is 8.22. The molecule has 1 aromatic carbocycles. The molecule has 6 heteroatoms. The summed E-state index contributed by atoms with van der Waals surface area (Å²) in [5, 5.41) is 0. The van der Waals surface area contributed by atoms with E-state index >= 15 is 0 Å². The highest BCUT2D eigenvalue weighted by Crippen LogP contribution is 2.30. The van der Waals surface area contributed by atoms with Crippen LogP contribution in [0.4, 0.5) is 5.82 Å². The topological polar surface area (TPSA) is 50.6 Å². The van der Waals surface area contributed by atoms with Gasteiger partial charge in [-0.2, -0.15) is 0 Å². The maximum Gasteiger partial charge on any atom is 0.294 e. The Morgan fingerprint density at radius 2 is 1.57 bits per heavy atom. The molecule has 3 heterocycles. The van der Waals surface area contributed by atoms with Gasteiger partial charge in [-0.05, 0) is 44.2 Å². The molecule has 0 N–H and O–H groups in total. The summed E-state index contributed by atoms with van der Waals surface area (Å²) < 4.78 is 7.46. The molecule has 1 saturated carbocycles. The largest absolute Gasteiger partial charge is 0.384 e. The second kappa shape index (κ2) is 12.9. The van der Waals surface area contributed by atoms with E-state index in [4.69, 9.17) is 9.72 Å². The Labute approximate surface area is 211 Å². The summed E-state index contributed by atoms with van der Waals surface area (Å²) in [6.45, 7) is 8.70. The highest BCUT2D eigenvalue weighted by atomic mass is 16.5. The van der Waals surface area contributed by atoms with Gasteiger partial charge in [-0.1, -0.05) is 58.1 Å². The first kappa shape index (κ1) is 26.2. The van der Waals surface area contributed by atoms with Crippen LogP contribution in [0.1, 0.15) is 84.1 Å². The Balaban J connectivity index is 0.00000141. The molecule has 1 atom stereocenters. The molecule has 0 radical (unpaired) electrons. The zero-order valence-electron chi connectivity index (χ0n) is 22.3. The van der Waals surface area contributed by atoms with Gasteiger partial charge in [-0.15, -0.1) is 0 Å². The van der Waals surface area contributed by atoms with Crippen LogP contribution in [-0.4, -0.2) is 60.4 Å². The number of anilines is 1. The first-order valence-corrected chi connectivity index (χ1v) is 14.2. The lowest BCUT2D eigenvalue weighted by molar-refractivity contribution is 0.116. The minimum atomic E-state index is 0.0937. The van der Waals surface area contributed by atoms with Gasteiger partial charge < -0.3 is 19.1 Å². The molecule has 1 aromatic heterocycles. The number of nitrogens with zero attached hydrogens (tertiary/aromatic N) is 4. The molecule has 3 aliphatic rings. The van der Waals surface area contributed by atoms with E-state index in [0.29, 0.717) is 11.7 Å². The predicted octanol–water partition coefficient (Wildman–Crippen LogP) is 5.65. The lowest BCUT2D eigenvalue weighted by atomic mass is 9.93. The summed E-state index contributed by atoms with van der Waals surface area (Å²) in [7, 11) is 1.76. The van der Waals surface area contributed by atoms with Crippen molar-refractivity contribution in [3.63, 3.8) is 0 Å². The summed E-state index contributed by atoms with van der Waals surface area (Å²) >= 11 is 0. The zero-order chi connectivity index (χ0) is 24.6. The summed E-state index contributed by atoms with van der Waals surface area (Å²) in [6, 6.07) is 9.20. The van der Waals surface area contributed by atoms with Crippen LogP contribution < -0.4 is 10.5 Å². The van der Waals surface area contributed by atoms with E-state index in [9.17, 15) is 4.79 Å². The predicted molar refractivity (Wildman–Crippen MR) is 145 cm³/mol. The Morgan fingerprint density at radius 1 is 0.886 bits per heavy atom. The van der Waals surface area contributed by atoms with Crippen molar-refractivity contribution in [2.45, 2.75) is 90.1 Å². The molecule has 1 aliphatic carbocycles. The number of hydrogen-bond acceptors (Lipinski definition) is 5. The SMILES string of the molecule is CC.COCC1CCN(c2nc3ccccc3n(C3CCN(C4CCCCCCC4)CC3)c2=O)C1. The minimum absolute atomic E-state index is 0.0937. The normalized spacial score (nSPS) is 23.1. The molecule has 194 valence electrons. The van der Waals surface area contributed by atoms with E-state index in [1.807, 2.05) is 26.0 Å². The molecule has 0 spiro atoms. The molecule has 3 fully saturated rings. The molecule has 2 aliphatic heterocycles. The second-order valence-electron chi connectivity index (χ2n) is 10.4. The monoisotopic (exact) mass is 482 g/mol. The lowest BCUT2D eigenvalue weighted by Crippen LogP contribution is -2.44. The molecule has 0 bridgehead atoms. The van der Waals surface area contributed by atoms with E-state index in [1.165, 1.54) is 44.9 Å². The van der Waals surface area contributed by atoms with Crippen molar-refractivity contribution in [2.75, 3.05) is 44.8 Å². The van der Waals surface area contributed by atoms with Gasteiger partial charge in [0.1, 0.15) is 0 Å². The van der Waals surface area contributed by atoms with Crippen LogP contribution in [0.2, 0.25) is 0 Å². The third kappa shape index (κ3) is 6.08. The van der Waals surface area contributed by atoms with Gasteiger partial charge in [-0.25, -0.2) is 4.98 Å². The van der Waals surface area contributed by atoms with Crippen LogP contribution in [0.5, 0.6) is 0 Å². The Bertz CT molecular complexity index is 974. The molecule has 0 amide bonds. The van der Waals surface area contributed by atoms with E-state index in [2.05, 4.69) is 26.5 Å². The van der Waals surface area contributed by atoms with Crippen LogP contribution in [0.15, 0.2) is 29.1 Å². The molecule has 2 aromatic rings. The smallest absolute Gasteiger partial charge is 0.294 e. The number of piperidine rings is 1. The average molecular weight is 483 g/mol. The molecule has 35 heavy (non-hydrogen) atoms. The van der Waals surface area contributed by atoms with Crippen molar-refractivity contribution >= 4 is 16.9 Å². The van der Waals surface area contributed by atoms with Crippen molar-refractivity contribution in [2.24, 2.45) is 5.92 Å². The quantitative estimate of drug-likeness (QED) is 0.552. The fourth-order valence-corrected chi connectivity index (χ4v) is 6.42. The van der Waals surface area contributed by atoms with Gasteiger partial charge in [0.2, 0.25) is 0 Å². The molecular weight excluding hydrogens is 436 g/mol. The van der Waals surface area contributed by atoms with E-state index in [1.54, 1.807) is 7.11 Å². The van der Waals surface area contributed by atoms with Gasteiger partial charge in [0.15, 0.2) is 5.82 Å². The molecule has 6 nitrogen and oxygen atoms in total. The summed E-state index contributed by atoms with van der Waals surface area (Å²) in [5.74, 6) is 1.11. The fraction of sp³-hybridized carbons (Fsp3) is 0.724. The van der Waals surface area contributed by atoms with Crippen LogP contribution in [0.3, 0.4) is 0 Å². The number of ether oxygens (including phenoxy) is 1. The minimum Gasteiger partial charge on any atom is -0.384 e. The molecule has 5 rings (SSSR count). The number of para-hydroxylation sites is 2. The first-order chi connectivity index (χ1) is 17.2. The van der Waals surface area contributed by atoms with Crippen molar-refractivity contribution in [1.82, 2.24) is 14.5 Å². The maximum absolute atomic E-state index is 13.8. The molecule has 1 unspecified atom stereocenters. The van der Waals surface area contributed by atoms with Crippen molar-refractivity contribution in [1.29, 1.82) is 0 Å². The summed E-state index contributed by atoms with van der Waals surface area (Å²) in [6.07, 6.45) is 12.8. The second-order valence-corrected chi connectivity index (χ2v) is 10.4. The number of likely N-dealkylation sites (tertiary alicyclic amines) is 1. The summed E-state index contributed by atoms with van der Waals surface area (Å²) in [5.41, 5.74) is 2.02.